The van der Waals surface area contributed by atoms with E-state index in [1.807, 2.05) is 0 Å². The molecule has 0 aliphatic rings. The smallest absolute Gasteiger partial charge is 0.220 e. The Kier molecular flexibility index (Phi) is 6.51. The fourth-order valence-corrected chi connectivity index (χ4v) is 2.26. The molecule has 0 aliphatic heterocycles. The molecule has 0 radical (unpaired) electrons. The Balaban J connectivity index is 3.77. The quantitative estimate of drug-likeness (QED) is 0.592. The lowest BCUT2D eigenvalue weighted by molar-refractivity contribution is -0.121. The number of hydrogen-bond donors (Lipinski definition) is 2. The van der Waals surface area contributed by atoms with Gasteiger partial charge in [0.05, 0.1) is 5.75 Å². The Bertz CT molecular complexity index is 288. The lowest BCUT2D eigenvalue weighted by Crippen LogP contribution is -2.37. The zero-order chi connectivity index (χ0) is 11.9. The summed E-state index contributed by atoms with van der Waals surface area (Å²) in [5.41, 5.74) is 5.29. The van der Waals surface area contributed by atoms with Crippen molar-refractivity contribution in [3.63, 3.8) is 0 Å². The first-order valence-corrected chi connectivity index (χ1v) is 7.08. The summed E-state index contributed by atoms with van der Waals surface area (Å²) in [4.78, 5) is 11.3. The molecule has 0 rings (SSSR count). The van der Waals surface area contributed by atoms with Crippen LogP contribution in [0.5, 0.6) is 0 Å². The topological polar surface area (TPSA) is 89.3 Å². The van der Waals surface area contributed by atoms with Crippen molar-refractivity contribution in [3.05, 3.63) is 0 Å². The first-order chi connectivity index (χ1) is 6.85. The average Bonchev–Trinajstić information content (AvgIpc) is 2.00. The normalized spacial score (nSPS) is 13.5. The summed E-state index contributed by atoms with van der Waals surface area (Å²) in [6.07, 6.45) is 3.12. The van der Waals surface area contributed by atoms with Gasteiger partial charge in [-0.25, -0.2) is 8.42 Å². The summed E-state index contributed by atoms with van der Waals surface area (Å²) >= 11 is 0. The summed E-state index contributed by atoms with van der Waals surface area (Å²) in [5.74, 6) is -0.130. The lowest BCUT2D eigenvalue weighted by atomic mass is 10.2. The molecule has 6 heteroatoms. The van der Waals surface area contributed by atoms with E-state index in [4.69, 9.17) is 5.73 Å². The maximum Gasteiger partial charge on any atom is 0.220 e. The van der Waals surface area contributed by atoms with Crippen LogP contribution < -0.4 is 11.1 Å². The van der Waals surface area contributed by atoms with Gasteiger partial charge in [0, 0.05) is 18.7 Å². The van der Waals surface area contributed by atoms with Crippen LogP contribution in [0.3, 0.4) is 0 Å². The number of amides is 1. The minimum absolute atomic E-state index is 0.0182. The highest BCUT2D eigenvalue weighted by Gasteiger charge is 2.12. The molecule has 0 fully saturated rings. The number of rotatable bonds is 7. The fraction of sp³-hybridized carbons (Fsp3) is 0.889. The Labute approximate surface area is 91.3 Å². The van der Waals surface area contributed by atoms with Crippen molar-refractivity contribution >= 4 is 15.7 Å². The van der Waals surface area contributed by atoms with Gasteiger partial charge in [-0.15, -0.1) is 0 Å². The molecule has 0 aromatic heterocycles. The Morgan fingerprint density at radius 2 is 2.00 bits per heavy atom. The molecule has 90 valence electrons. The van der Waals surface area contributed by atoms with Crippen LogP contribution in [0.25, 0.3) is 0 Å². The molecule has 15 heavy (non-hydrogen) atoms. The van der Waals surface area contributed by atoms with Crippen molar-refractivity contribution in [2.24, 2.45) is 5.73 Å². The van der Waals surface area contributed by atoms with E-state index in [9.17, 15) is 13.2 Å². The third-order valence-corrected chi connectivity index (χ3v) is 2.92. The van der Waals surface area contributed by atoms with Gasteiger partial charge in [0.2, 0.25) is 5.91 Å². The molecule has 5 nitrogen and oxygen atoms in total. The largest absolute Gasteiger partial charge is 0.353 e. The lowest BCUT2D eigenvalue weighted by Gasteiger charge is -2.12. The second-order valence-corrected chi connectivity index (χ2v) is 5.99. The van der Waals surface area contributed by atoms with Gasteiger partial charge in [0.1, 0.15) is 9.84 Å². The number of carbonyl (C=O) groups is 1. The molecule has 0 aromatic rings. The van der Waals surface area contributed by atoms with Gasteiger partial charge in [0.25, 0.3) is 0 Å². The highest BCUT2D eigenvalue weighted by atomic mass is 32.2. The van der Waals surface area contributed by atoms with Crippen LogP contribution in [-0.4, -0.2) is 38.9 Å². The van der Waals surface area contributed by atoms with Crippen molar-refractivity contribution in [3.8, 4) is 0 Å². The molecule has 0 aliphatic carbocycles. The van der Waals surface area contributed by atoms with E-state index >= 15 is 0 Å². The fourth-order valence-electron chi connectivity index (χ4n) is 1.27. The van der Waals surface area contributed by atoms with Gasteiger partial charge in [-0.05, 0) is 26.3 Å². The molecule has 1 amide bonds. The molecule has 3 N–H and O–H groups in total. The Hall–Kier alpha value is -0.620. The molecule has 0 saturated heterocycles. The Morgan fingerprint density at radius 3 is 2.47 bits per heavy atom. The average molecular weight is 236 g/mol. The molecule has 0 spiro atoms. The number of nitrogens with two attached hydrogens (primary N) is 1. The van der Waals surface area contributed by atoms with E-state index in [2.05, 4.69) is 5.32 Å². The van der Waals surface area contributed by atoms with Crippen molar-refractivity contribution in [2.75, 3.05) is 18.6 Å². The summed E-state index contributed by atoms with van der Waals surface area (Å²) < 4.78 is 21.8. The van der Waals surface area contributed by atoms with E-state index in [1.54, 1.807) is 6.92 Å². The van der Waals surface area contributed by atoms with E-state index in [1.165, 1.54) is 0 Å². The first-order valence-electron chi connectivity index (χ1n) is 5.02. The monoisotopic (exact) mass is 236 g/mol. The van der Waals surface area contributed by atoms with Crippen LogP contribution in [-0.2, 0) is 14.6 Å². The number of unbranched alkanes of at least 4 members (excludes halogenated alkanes) is 1. The van der Waals surface area contributed by atoms with E-state index in [0.717, 1.165) is 19.1 Å². The van der Waals surface area contributed by atoms with Crippen LogP contribution in [0.2, 0.25) is 0 Å². The zero-order valence-electron chi connectivity index (χ0n) is 9.32. The number of hydrogen-bond acceptors (Lipinski definition) is 4. The van der Waals surface area contributed by atoms with E-state index in [0.29, 0.717) is 13.0 Å². The second kappa shape index (κ2) is 6.79. The molecule has 0 heterocycles. The van der Waals surface area contributed by atoms with Crippen LogP contribution in [0.15, 0.2) is 0 Å². The van der Waals surface area contributed by atoms with Gasteiger partial charge < -0.3 is 11.1 Å². The van der Waals surface area contributed by atoms with Crippen LogP contribution in [0, 0.1) is 0 Å². The molecular formula is C9H20N2O3S. The van der Waals surface area contributed by atoms with Crippen molar-refractivity contribution in [1.82, 2.24) is 5.32 Å². The van der Waals surface area contributed by atoms with E-state index < -0.39 is 9.84 Å². The molecule has 0 bridgehead atoms. The summed E-state index contributed by atoms with van der Waals surface area (Å²) in [6, 6.07) is -0.328. The predicted octanol–water partition coefficient (Wildman–Crippen LogP) is -0.335. The van der Waals surface area contributed by atoms with Gasteiger partial charge in [-0.1, -0.05) is 0 Å². The maximum absolute atomic E-state index is 11.3. The Morgan fingerprint density at radius 1 is 1.40 bits per heavy atom. The highest BCUT2D eigenvalue weighted by Crippen LogP contribution is 1.96. The van der Waals surface area contributed by atoms with Crippen molar-refractivity contribution in [2.45, 2.75) is 32.2 Å². The molecule has 0 saturated carbocycles. The van der Waals surface area contributed by atoms with Gasteiger partial charge in [-0.3, -0.25) is 4.79 Å². The SMILES string of the molecule is CC(CS(C)(=O)=O)NC(=O)CCCCN. The van der Waals surface area contributed by atoms with Crippen LogP contribution >= 0.6 is 0 Å². The molecule has 1 unspecified atom stereocenters. The number of sulfone groups is 1. The van der Waals surface area contributed by atoms with Gasteiger partial charge >= 0.3 is 0 Å². The first kappa shape index (κ1) is 14.4. The standard InChI is InChI=1S/C9H20N2O3S/c1-8(7-15(2,13)14)11-9(12)5-3-4-6-10/h8H,3-7,10H2,1-2H3,(H,11,12). The summed E-state index contributed by atoms with van der Waals surface area (Å²) in [7, 11) is -3.03. The predicted molar refractivity (Wildman–Crippen MR) is 60.2 cm³/mol. The number of nitrogens with one attached hydrogen (secondary N) is 1. The minimum Gasteiger partial charge on any atom is -0.353 e. The third kappa shape index (κ3) is 9.68. The second-order valence-electron chi connectivity index (χ2n) is 3.81. The highest BCUT2D eigenvalue weighted by molar-refractivity contribution is 7.90. The van der Waals surface area contributed by atoms with Gasteiger partial charge in [0.15, 0.2) is 0 Å². The molecular weight excluding hydrogens is 216 g/mol. The third-order valence-electron chi connectivity index (χ3n) is 1.82. The van der Waals surface area contributed by atoms with Crippen molar-refractivity contribution in [1.29, 1.82) is 0 Å². The van der Waals surface area contributed by atoms with Crippen LogP contribution in [0.1, 0.15) is 26.2 Å². The molecule has 0 aromatic carbocycles. The van der Waals surface area contributed by atoms with Crippen LogP contribution in [0.4, 0.5) is 0 Å². The molecule has 1 atom stereocenters. The van der Waals surface area contributed by atoms with Gasteiger partial charge in [-0.2, -0.15) is 0 Å². The minimum atomic E-state index is -3.03. The number of carbonyl (C=O) groups excluding carboxylic acids is 1. The summed E-state index contributed by atoms with van der Waals surface area (Å²) in [5, 5.41) is 2.64. The van der Waals surface area contributed by atoms with Crippen molar-refractivity contribution < 1.29 is 13.2 Å². The van der Waals surface area contributed by atoms with E-state index in [-0.39, 0.29) is 17.7 Å². The zero-order valence-corrected chi connectivity index (χ0v) is 10.1. The maximum atomic E-state index is 11.3. The summed E-state index contributed by atoms with van der Waals surface area (Å²) in [6.45, 7) is 2.26.